The van der Waals surface area contributed by atoms with Crippen molar-refractivity contribution in [1.29, 1.82) is 5.41 Å². The van der Waals surface area contributed by atoms with Crippen molar-refractivity contribution in [2.24, 2.45) is 0 Å². The first kappa shape index (κ1) is 8.99. The van der Waals surface area contributed by atoms with E-state index in [9.17, 15) is 0 Å². The van der Waals surface area contributed by atoms with E-state index >= 15 is 0 Å². The molecule has 4 heavy (non-hydrogen) atoms. The molecule has 0 aromatic carbocycles. The fourth-order valence-corrected chi connectivity index (χ4v) is 0. The quantitative estimate of drug-likeness (QED) is 0.316. The Morgan fingerprint density at radius 2 is 1.50 bits per heavy atom. The first-order chi connectivity index (χ1) is 2.00. The average molecular weight is 77.2 g/mol. The van der Waals surface area contributed by atoms with Crippen molar-refractivity contribution in [2.45, 2.75) is 0 Å². The monoisotopic (exact) mass is 77.0 g/mol. The zero-order valence-electron chi connectivity index (χ0n) is 2.65. The highest BCUT2D eigenvalue weighted by atomic mass is 32.1. The van der Waals surface area contributed by atoms with Crippen LogP contribution in [-0.2, 0) is 0 Å². The summed E-state index contributed by atoms with van der Waals surface area (Å²) in [6.45, 7) is 2.50. The van der Waals surface area contributed by atoms with Gasteiger partial charge in [0.15, 0.2) is 0 Å². The van der Waals surface area contributed by atoms with Gasteiger partial charge in [0, 0.05) is 0 Å². The van der Waals surface area contributed by atoms with Crippen molar-refractivity contribution in [3.8, 4) is 0 Å². The molecule has 0 radical (unpaired) electrons. The van der Waals surface area contributed by atoms with Gasteiger partial charge >= 0.3 is 0 Å². The maximum atomic E-state index is 5.50. The van der Waals surface area contributed by atoms with Gasteiger partial charge in [-0.1, -0.05) is 0 Å². The number of thiol groups is 1. The topological polar surface area (TPSA) is 23.9 Å². The van der Waals surface area contributed by atoms with E-state index in [1.807, 2.05) is 0 Å². The van der Waals surface area contributed by atoms with Crippen LogP contribution in [0.1, 0.15) is 0 Å². The molecule has 2 heteroatoms. The Morgan fingerprint density at radius 1 is 1.50 bits per heavy atom. The van der Waals surface area contributed by atoms with Gasteiger partial charge in [-0.15, -0.1) is 0 Å². The van der Waals surface area contributed by atoms with Gasteiger partial charge in [-0.2, -0.15) is 12.6 Å². The SMILES string of the molecule is C=N.CS. The minimum Gasteiger partial charge on any atom is -0.317 e. The lowest BCUT2D eigenvalue weighted by atomic mass is 11.8. The van der Waals surface area contributed by atoms with Gasteiger partial charge < -0.3 is 5.41 Å². The molecule has 0 fully saturated rings. The third-order valence-corrected chi connectivity index (χ3v) is 0. The van der Waals surface area contributed by atoms with Gasteiger partial charge in [0.1, 0.15) is 0 Å². The zero-order valence-corrected chi connectivity index (χ0v) is 3.55. The molecule has 26 valence electrons. The van der Waals surface area contributed by atoms with E-state index in [0.29, 0.717) is 0 Å². The summed E-state index contributed by atoms with van der Waals surface area (Å²) >= 11 is 3.53. The lowest BCUT2D eigenvalue weighted by Crippen LogP contribution is -0.865. The molecule has 0 saturated carbocycles. The molecule has 1 N–H and O–H groups in total. The second-order valence-electron chi connectivity index (χ2n) is 0. The molecule has 0 atom stereocenters. The van der Waals surface area contributed by atoms with Gasteiger partial charge in [0.25, 0.3) is 0 Å². The maximum absolute atomic E-state index is 5.50. The summed E-state index contributed by atoms with van der Waals surface area (Å²) in [4.78, 5) is 0. The molecule has 0 aliphatic rings. The maximum Gasteiger partial charge on any atom is -0.0187 e. The summed E-state index contributed by atoms with van der Waals surface area (Å²) in [5, 5.41) is 5.50. The summed E-state index contributed by atoms with van der Waals surface area (Å²) in [6, 6.07) is 0. The lowest BCUT2D eigenvalue weighted by Gasteiger charge is -1.11. The van der Waals surface area contributed by atoms with Crippen molar-refractivity contribution in [1.82, 2.24) is 0 Å². The fourth-order valence-electron chi connectivity index (χ4n) is 0. The van der Waals surface area contributed by atoms with Crippen LogP contribution in [0.4, 0.5) is 0 Å². The first-order valence-electron chi connectivity index (χ1n) is 0.801. The third kappa shape index (κ3) is 5250. The van der Waals surface area contributed by atoms with Crippen molar-refractivity contribution in [2.75, 3.05) is 6.26 Å². The van der Waals surface area contributed by atoms with Crippen LogP contribution in [0.25, 0.3) is 0 Å². The minimum absolute atomic E-state index is 1.69. The smallest absolute Gasteiger partial charge is 0.0187 e. The van der Waals surface area contributed by atoms with Crippen LogP contribution < -0.4 is 0 Å². The highest BCUT2D eigenvalue weighted by molar-refractivity contribution is 7.79. The van der Waals surface area contributed by atoms with Crippen molar-refractivity contribution >= 4 is 19.3 Å². The molecule has 0 aromatic heterocycles. The average Bonchev–Trinajstić information content (AvgIpc) is 1.50. The van der Waals surface area contributed by atoms with Crippen LogP contribution in [0.2, 0.25) is 0 Å². The van der Waals surface area contributed by atoms with Crippen molar-refractivity contribution in [3.05, 3.63) is 0 Å². The molecule has 1 nitrogen and oxygen atoms in total. The summed E-state index contributed by atoms with van der Waals surface area (Å²) < 4.78 is 0. The van der Waals surface area contributed by atoms with Gasteiger partial charge in [-0.05, 0) is 13.0 Å². The van der Waals surface area contributed by atoms with Gasteiger partial charge in [-0.3, -0.25) is 0 Å². The number of rotatable bonds is 0. The summed E-state index contributed by atoms with van der Waals surface area (Å²) in [5.74, 6) is 0. The van der Waals surface area contributed by atoms with Crippen LogP contribution >= 0.6 is 12.6 Å². The van der Waals surface area contributed by atoms with E-state index in [1.54, 1.807) is 6.26 Å². The predicted octanol–water partition coefficient (Wildman–Crippen LogP) is 0.812. The predicted molar refractivity (Wildman–Crippen MR) is 24.8 cm³/mol. The molecule has 0 unspecified atom stereocenters. The largest absolute Gasteiger partial charge is 0.317 e. The van der Waals surface area contributed by atoms with Crippen molar-refractivity contribution in [3.63, 3.8) is 0 Å². The van der Waals surface area contributed by atoms with E-state index < -0.39 is 0 Å². The molecule has 0 aliphatic carbocycles. The van der Waals surface area contributed by atoms with Gasteiger partial charge in [0.2, 0.25) is 0 Å². The molecule has 0 heterocycles. The molecule has 0 amide bonds. The minimum atomic E-state index is 1.69. The Labute approximate surface area is 32.0 Å². The van der Waals surface area contributed by atoms with Crippen molar-refractivity contribution < 1.29 is 0 Å². The highest BCUT2D eigenvalue weighted by Gasteiger charge is 0.901. The third-order valence-electron chi connectivity index (χ3n) is 0. The van der Waals surface area contributed by atoms with Crippen LogP contribution in [-0.4, -0.2) is 13.0 Å². The van der Waals surface area contributed by atoms with Crippen LogP contribution in [0.5, 0.6) is 0 Å². The normalized spacial score (nSPS) is 2.50. The van der Waals surface area contributed by atoms with Crippen LogP contribution in [0.15, 0.2) is 0 Å². The second-order valence-corrected chi connectivity index (χ2v) is 0. The van der Waals surface area contributed by atoms with Crippen LogP contribution in [0, 0.1) is 5.41 Å². The summed E-state index contributed by atoms with van der Waals surface area (Å²) in [7, 11) is 0. The molecule has 0 spiro atoms. The first-order valence-corrected chi connectivity index (χ1v) is 1.70. The number of nitrogens with one attached hydrogen (secondary N) is 1. The molecule has 0 saturated heterocycles. The molecule has 0 bridgehead atoms. The Kier molecular flexibility index (Phi) is 69200. The summed E-state index contributed by atoms with van der Waals surface area (Å²) in [6.07, 6.45) is 1.69. The van der Waals surface area contributed by atoms with Crippen LogP contribution in [0.3, 0.4) is 0 Å². The molecule has 0 aliphatic heterocycles. The Morgan fingerprint density at radius 3 is 1.50 bits per heavy atom. The number of hydrogen-bond donors (Lipinski definition) is 2. The van der Waals surface area contributed by atoms with Gasteiger partial charge in [-0.25, -0.2) is 0 Å². The standard InChI is InChI=1S/CH3N.CH4S/c2*1-2/h2H,1H2;2H,1H3. The Hall–Kier alpha value is 0.0200. The Balaban J connectivity index is 0. The van der Waals surface area contributed by atoms with Gasteiger partial charge in [0.05, 0.1) is 0 Å². The van der Waals surface area contributed by atoms with E-state index in [4.69, 9.17) is 5.41 Å². The Bertz CT molecular complexity index is 6.00. The highest BCUT2D eigenvalue weighted by Crippen LogP contribution is 1.31. The molecule has 0 aromatic rings. The van der Waals surface area contributed by atoms with E-state index in [-0.39, 0.29) is 0 Å². The van der Waals surface area contributed by atoms with E-state index in [0.717, 1.165) is 0 Å². The number of hydrogen-bond acceptors (Lipinski definition) is 2. The van der Waals surface area contributed by atoms with E-state index in [2.05, 4.69) is 19.3 Å². The molecular formula is C2H7NS. The fraction of sp³-hybridized carbons (Fsp3) is 0.500. The summed E-state index contributed by atoms with van der Waals surface area (Å²) in [5.41, 5.74) is 0. The van der Waals surface area contributed by atoms with E-state index in [1.165, 1.54) is 0 Å². The molecule has 0 rings (SSSR count). The lowest BCUT2D eigenvalue weighted by molar-refractivity contribution is 1.61. The second kappa shape index (κ2) is 30800. The molecular weight excluding hydrogens is 70.1 g/mol. The zero-order chi connectivity index (χ0) is 4.00.